The van der Waals surface area contributed by atoms with E-state index in [2.05, 4.69) is 11.8 Å². The molecule has 76 valence electrons. The third-order valence-corrected chi connectivity index (χ3v) is 4.10. The number of rotatable bonds is 2. The highest BCUT2D eigenvalue weighted by Crippen LogP contribution is 2.47. The van der Waals surface area contributed by atoms with Gasteiger partial charge in [-0.2, -0.15) is 0 Å². The molecule has 2 aliphatic rings. The monoisotopic (exact) mass is 182 g/mol. The minimum atomic E-state index is 0.681. The lowest BCUT2D eigenvalue weighted by atomic mass is 9.84. The number of nitrogens with zero attached hydrogens (tertiary/aromatic N) is 1. The van der Waals surface area contributed by atoms with Gasteiger partial charge in [0.2, 0.25) is 0 Å². The SMILES string of the molecule is CCN1CC[C@]2(CC[C@@H](CN)C2)C1. The summed E-state index contributed by atoms with van der Waals surface area (Å²) in [6.45, 7) is 7.09. The lowest BCUT2D eigenvalue weighted by Crippen LogP contribution is -2.25. The van der Waals surface area contributed by atoms with E-state index in [0.717, 1.165) is 12.5 Å². The number of hydrogen-bond acceptors (Lipinski definition) is 2. The number of hydrogen-bond donors (Lipinski definition) is 1. The molecule has 2 fully saturated rings. The molecule has 2 heteroatoms. The molecule has 1 aliphatic heterocycles. The van der Waals surface area contributed by atoms with Crippen molar-refractivity contribution < 1.29 is 0 Å². The quantitative estimate of drug-likeness (QED) is 0.700. The van der Waals surface area contributed by atoms with Gasteiger partial charge in [0.05, 0.1) is 0 Å². The Labute approximate surface area is 81.5 Å². The first-order valence-electron chi connectivity index (χ1n) is 5.70. The first-order valence-corrected chi connectivity index (χ1v) is 5.70. The van der Waals surface area contributed by atoms with E-state index in [0.29, 0.717) is 5.41 Å². The largest absolute Gasteiger partial charge is 0.330 e. The van der Waals surface area contributed by atoms with Crippen LogP contribution in [0.5, 0.6) is 0 Å². The van der Waals surface area contributed by atoms with Crippen molar-refractivity contribution in [3.05, 3.63) is 0 Å². The van der Waals surface area contributed by atoms with Gasteiger partial charge >= 0.3 is 0 Å². The predicted molar refractivity (Wildman–Crippen MR) is 55.6 cm³/mol. The Morgan fingerprint density at radius 1 is 1.46 bits per heavy atom. The number of nitrogens with two attached hydrogens (primary N) is 1. The topological polar surface area (TPSA) is 29.3 Å². The molecule has 0 aromatic rings. The standard InChI is InChI=1S/C11H22N2/c1-2-13-6-5-11(9-13)4-3-10(7-11)8-12/h10H,2-9,12H2,1H3/t10-,11+/m1/s1. The van der Waals surface area contributed by atoms with E-state index in [1.165, 1.54) is 45.3 Å². The summed E-state index contributed by atoms with van der Waals surface area (Å²) < 4.78 is 0. The van der Waals surface area contributed by atoms with E-state index in [1.807, 2.05) is 0 Å². The Kier molecular flexibility index (Phi) is 2.61. The maximum absolute atomic E-state index is 5.74. The molecule has 1 heterocycles. The van der Waals surface area contributed by atoms with Gasteiger partial charge < -0.3 is 10.6 Å². The van der Waals surface area contributed by atoms with Crippen molar-refractivity contribution in [3.63, 3.8) is 0 Å². The van der Waals surface area contributed by atoms with Crippen LogP contribution >= 0.6 is 0 Å². The van der Waals surface area contributed by atoms with E-state index in [1.54, 1.807) is 0 Å². The average Bonchev–Trinajstić information content (AvgIpc) is 2.74. The summed E-state index contributed by atoms with van der Waals surface area (Å²) in [6.07, 6.45) is 5.65. The van der Waals surface area contributed by atoms with Crippen LogP contribution in [0.4, 0.5) is 0 Å². The van der Waals surface area contributed by atoms with Gasteiger partial charge in [-0.15, -0.1) is 0 Å². The maximum Gasteiger partial charge on any atom is 0.00384 e. The van der Waals surface area contributed by atoms with Crippen LogP contribution < -0.4 is 5.73 Å². The Morgan fingerprint density at radius 3 is 2.85 bits per heavy atom. The van der Waals surface area contributed by atoms with Gasteiger partial charge in [0.15, 0.2) is 0 Å². The van der Waals surface area contributed by atoms with Gasteiger partial charge in [0.1, 0.15) is 0 Å². The van der Waals surface area contributed by atoms with Crippen molar-refractivity contribution in [2.75, 3.05) is 26.2 Å². The van der Waals surface area contributed by atoms with Gasteiger partial charge in [-0.3, -0.25) is 0 Å². The van der Waals surface area contributed by atoms with Gasteiger partial charge in [-0.25, -0.2) is 0 Å². The summed E-state index contributed by atoms with van der Waals surface area (Å²) in [5.74, 6) is 0.830. The van der Waals surface area contributed by atoms with Gasteiger partial charge in [-0.05, 0) is 56.7 Å². The van der Waals surface area contributed by atoms with Crippen LogP contribution in [-0.4, -0.2) is 31.1 Å². The fourth-order valence-corrected chi connectivity index (χ4v) is 3.20. The van der Waals surface area contributed by atoms with Crippen molar-refractivity contribution in [1.82, 2.24) is 4.90 Å². The van der Waals surface area contributed by atoms with Crippen LogP contribution in [0.1, 0.15) is 32.6 Å². The molecule has 1 spiro atoms. The molecule has 0 amide bonds. The molecule has 1 aliphatic carbocycles. The van der Waals surface area contributed by atoms with E-state index >= 15 is 0 Å². The smallest absolute Gasteiger partial charge is 0.00384 e. The van der Waals surface area contributed by atoms with Crippen molar-refractivity contribution in [3.8, 4) is 0 Å². The summed E-state index contributed by atoms with van der Waals surface area (Å²) in [5.41, 5.74) is 6.42. The lowest BCUT2D eigenvalue weighted by molar-refractivity contribution is 0.261. The molecule has 0 aromatic carbocycles. The second-order valence-electron chi connectivity index (χ2n) is 4.96. The van der Waals surface area contributed by atoms with Crippen LogP contribution in [0.3, 0.4) is 0 Å². The highest BCUT2D eigenvalue weighted by molar-refractivity contribution is 4.95. The van der Waals surface area contributed by atoms with E-state index in [9.17, 15) is 0 Å². The zero-order chi connectivity index (χ0) is 9.31. The van der Waals surface area contributed by atoms with Crippen molar-refractivity contribution >= 4 is 0 Å². The first kappa shape index (κ1) is 9.47. The van der Waals surface area contributed by atoms with Crippen LogP contribution in [0, 0.1) is 11.3 Å². The summed E-state index contributed by atoms with van der Waals surface area (Å²) >= 11 is 0. The zero-order valence-electron chi connectivity index (χ0n) is 8.76. The fraction of sp³-hybridized carbons (Fsp3) is 1.00. The molecule has 2 nitrogen and oxygen atoms in total. The average molecular weight is 182 g/mol. The fourth-order valence-electron chi connectivity index (χ4n) is 3.20. The Bertz CT molecular complexity index is 159. The van der Waals surface area contributed by atoms with Crippen LogP contribution in [-0.2, 0) is 0 Å². The molecule has 2 N–H and O–H groups in total. The van der Waals surface area contributed by atoms with Gasteiger partial charge in [-0.1, -0.05) is 6.92 Å². The Morgan fingerprint density at radius 2 is 2.31 bits per heavy atom. The molecule has 0 unspecified atom stereocenters. The van der Waals surface area contributed by atoms with E-state index < -0.39 is 0 Å². The van der Waals surface area contributed by atoms with Gasteiger partial charge in [0, 0.05) is 6.54 Å². The Hall–Kier alpha value is -0.0800. The second kappa shape index (κ2) is 3.58. The highest BCUT2D eigenvalue weighted by atomic mass is 15.1. The van der Waals surface area contributed by atoms with Crippen LogP contribution in [0.2, 0.25) is 0 Å². The molecule has 2 rings (SSSR count). The molecule has 13 heavy (non-hydrogen) atoms. The van der Waals surface area contributed by atoms with Crippen molar-refractivity contribution in [2.45, 2.75) is 32.6 Å². The van der Waals surface area contributed by atoms with Crippen LogP contribution in [0.15, 0.2) is 0 Å². The van der Waals surface area contributed by atoms with Crippen molar-refractivity contribution in [1.29, 1.82) is 0 Å². The molecule has 0 aromatic heterocycles. The number of likely N-dealkylation sites (tertiary alicyclic amines) is 1. The molecule has 1 saturated heterocycles. The normalized spacial score (nSPS) is 40.6. The predicted octanol–water partition coefficient (Wildman–Crippen LogP) is 1.46. The Balaban J connectivity index is 1.93. The zero-order valence-corrected chi connectivity index (χ0v) is 8.76. The van der Waals surface area contributed by atoms with E-state index in [4.69, 9.17) is 5.73 Å². The lowest BCUT2D eigenvalue weighted by Gasteiger charge is -2.23. The molecular formula is C11H22N2. The first-order chi connectivity index (χ1) is 6.28. The third-order valence-electron chi connectivity index (χ3n) is 4.10. The minimum Gasteiger partial charge on any atom is -0.330 e. The molecule has 0 radical (unpaired) electrons. The molecule has 2 atom stereocenters. The third kappa shape index (κ3) is 1.75. The summed E-state index contributed by atoms with van der Waals surface area (Å²) in [5, 5.41) is 0. The summed E-state index contributed by atoms with van der Waals surface area (Å²) in [6, 6.07) is 0. The molecule has 0 bridgehead atoms. The molecule has 1 saturated carbocycles. The van der Waals surface area contributed by atoms with Crippen molar-refractivity contribution in [2.24, 2.45) is 17.1 Å². The maximum atomic E-state index is 5.74. The highest BCUT2D eigenvalue weighted by Gasteiger charge is 2.42. The summed E-state index contributed by atoms with van der Waals surface area (Å²) in [7, 11) is 0. The molecular weight excluding hydrogens is 160 g/mol. The van der Waals surface area contributed by atoms with E-state index in [-0.39, 0.29) is 0 Å². The minimum absolute atomic E-state index is 0.681. The van der Waals surface area contributed by atoms with Gasteiger partial charge in [0.25, 0.3) is 0 Å². The summed E-state index contributed by atoms with van der Waals surface area (Å²) in [4.78, 5) is 2.60. The second-order valence-corrected chi connectivity index (χ2v) is 4.96. The van der Waals surface area contributed by atoms with Crippen LogP contribution in [0.25, 0.3) is 0 Å².